The summed E-state index contributed by atoms with van der Waals surface area (Å²) >= 11 is 3.75. The second kappa shape index (κ2) is 13.4. The SMILES string of the molecule is CC(C)(C)C1=CC(c2ccccc2)=C/C(=C\C=C\c2cc(-c3ccccc3)cc(C(C)(C)C)[s+]2)S1.[O-][Cl+3]([O-])([O-])[O-]. The van der Waals surface area contributed by atoms with Crippen molar-refractivity contribution < 1.29 is 28.9 Å². The highest BCUT2D eigenvalue weighted by Gasteiger charge is 2.26. The lowest BCUT2D eigenvalue weighted by atomic mass is 9.93. The Balaban J connectivity index is 0.000000810. The van der Waals surface area contributed by atoms with Crippen LogP contribution in [0.15, 0.2) is 107 Å². The lowest BCUT2D eigenvalue weighted by Crippen LogP contribution is -2.68. The van der Waals surface area contributed by atoms with Crippen LogP contribution in [0.2, 0.25) is 0 Å². The number of halogens is 1. The molecule has 0 saturated carbocycles. The van der Waals surface area contributed by atoms with E-state index in [0.717, 1.165) is 0 Å². The first-order chi connectivity index (χ1) is 18.6. The zero-order valence-electron chi connectivity index (χ0n) is 23.6. The fourth-order valence-corrected chi connectivity index (χ4v) is 5.94. The van der Waals surface area contributed by atoms with Crippen LogP contribution < -0.4 is 18.6 Å². The lowest BCUT2D eigenvalue weighted by Gasteiger charge is -2.26. The molecular formula is C33H35ClO4S2. The van der Waals surface area contributed by atoms with E-state index in [1.165, 1.54) is 41.8 Å². The highest BCUT2D eigenvalue weighted by molar-refractivity contribution is 8.07. The van der Waals surface area contributed by atoms with Crippen molar-refractivity contribution in [3.63, 3.8) is 0 Å². The number of benzene rings is 2. The molecule has 1 aliphatic heterocycles. The van der Waals surface area contributed by atoms with E-state index in [-0.39, 0.29) is 10.8 Å². The van der Waals surface area contributed by atoms with E-state index in [9.17, 15) is 0 Å². The molecule has 0 N–H and O–H groups in total. The summed E-state index contributed by atoms with van der Waals surface area (Å²) in [6.45, 7) is 13.7. The van der Waals surface area contributed by atoms with Crippen molar-refractivity contribution in [3.05, 3.63) is 122 Å². The van der Waals surface area contributed by atoms with Gasteiger partial charge in [-0.3, -0.25) is 0 Å². The third kappa shape index (κ3) is 10.5. The van der Waals surface area contributed by atoms with Gasteiger partial charge in [0.05, 0.1) is 0 Å². The monoisotopic (exact) mass is 594 g/mol. The number of rotatable bonds is 4. The van der Waals surface area contributed by atoms with Gasteiger partial charge in [-0.05, 0) is 50.8 Å². The summed E-state index contributed by atoms with van der Waals surface area (Å²) in [6, 6.07) is 26.0. The van der Waals surface area contributed by atoms with Crippen LogP contribution in [-0.4, -0.2) is 0 Å². The van der Waals surface area contributed by atoms with Gasteiger partial charge < -0.3 is 0 Å². The number of hydrogen-bond donors (Lipinski definition) is 0. The van der Waals surface area contributed by atoms with Gasteiger partial charge in [-0.1, -0.05) is 120 Å². The van der Waals surface area contributed by atoms with Crippen LogP contribution in [-0.2, 0) is 5.41 Å². The van der Waals surface area contributed by atoms with Crippen molar-refractivity contribution in [1.82, 2.24) is 0 Å². The van der Waals surface area contributed by atoms with Crippen molar-refractivity contribution in [3.8, 4) is 11.1 Å². The fourth-order valence-electron chi connectivity index (χ4n) is 3.78. The van der Waals surface area contributed by atoms with Crippen LogP contribution in [0.5, 0.6) is 0 Å². The van der Waals surface area contributed by atoms with Crippen LogP contribution in [0.3, 0.4) is 0 Å². The Morgan fingerprint density at radius 3 is 1.77 bits per heavy atom. The summed E-state index contributed by atoms with van der Waals surface area (Å²) < 4.78 is 34.0. The molecule has 4 rings (SSSR count). The van der Waals surface area contributed by atoms with E-state index in [1.54, 1.807) is 0 Å². The van der Waals surface area contributed by atoms with Crippen molar-refractivity contribution in [2.75, 3.05) is 0 Å². The third-order valence-electron chi connectivity index (χ3n) is 5.84. The highest BCUT2D eigenvalue weighted by Crippen LogP contribution is 2.45. The summed E-state index contributed by atoms with van der Waals surface area (Å²) in [7, 11) is -4.94. The Kier molecular flexibility index (Phi) is 10.7. The Morgan fingerprint density at radius 1 is 0.700 bits per heavy atom. The fraction of sp³-hybridized carbons (Fsp3) is 0.242. The van der Waals surface area contributed by atoms with Crippen molar-refractivity contribution in [2.24, 2.45) is 5.41 Å². The molecule has 4 nitrogen and oxygen atoms in total. The van der Waals surface area contributed by atoms with Crippen molar-refractivity contribution >= 4 is 34.7 Å². The van der Waals surface area contributed by atoms with Gasteiger partial charge in [-0.25, -0.2) is 18.6 Å². The average molecular weight is 595 g/mol. The second-order valence-corrected chi connectivity index (χ2v) is 14.3. The van der Waals surface area contributed by atoms with Gasteiger partial charge in [0.15, 0.2) is 0 Å². The second-order valence-electron chi connectivity index (χ2n) is 11.4. The van der Waals surface area contributed by atoms with Crippen molar-refractivity contribution in [2.45, 2.75) is 47.0 Å². The molecule has 1 aromatic heterocycles. The molecule has 2 aromatic carbocycles. The molecule has 0 saturated heterocycles. The quantitative estimate of drug-likeness (QED) is 0.351. The Morgan fingerprint density at radius 2 is 1.25 bits per heavy atom. The largest absolute Gasteiger partial charge is 0.231 e. The summed E-state index contributed by atoms with van der Waals surface area (Å²) in [5.41, 5.74) is 5.29. The standard InChI is InChI=1S/C33H35S2.ClHO4/c1-32(2,3)30-22-26(24-14-9-7-10-15-24)20-28(34-30)18-13-19-29-21-27(25-16-11-8-12-17-25)23-31(35-29)33(4,5)6;2-1(3,4)5/h7-23H,1-6H3;(H,2,3,4,5)/q+1;/p-1. The first-order valence-corrected chi connectivity index (χ1v) is 15.7. The van der Waals surface area contributed by atoms with Gasteiger partial charge in [0, 0.05) is 28.5 Å². The van der Waals surface area contributed by atoms with Gasteiger partial charge in [-0.15, -0.1) is 10.2 Å². The van der Waals surface area contributed by atoms with Gasteiger partial charge in [0.2, 0.25) is 21.1 Å². The minimum Gasteiger partial charge on any atom is -0.222 e. The Hall–Kier alpha value is -2.55. The summed E-state index contributed by atoms with van der Waals surface area (Å²) in [5.74, 6) is 0. The van der Waals surface area contributed by atoms with Gasteiger partial charge in [0.1, 0.15) is 0 Å². The number of thioether (sulfide) groups is 1. The summed E-state index contributed by atoms with van der Waals surface area (Å²) in [4.78, 5) is 5.32. The van der Waals surface area contributed by atoms with Gasteiger partial charge >= 0.3 is 0 Å². The van der Waals surface area contributed by atoms with E-state index in [4.69, 9.17) is 18.6 Å². The molecule has 0 amide bonds. The number of allylic oxidation sites excluding steroid dienone is 6. The maximum absolute atomic E-state index is 8.49. The van der Waals surface area contributed by atoms with Crippen LogP contribution in [0, 0.1) is 15.7 Å². The molecule has 0 radical (unpaired) electrons. The molecule has 210 valence electrons. The minimum absolute atomic E-state index is 0.107. The first kappa shape index (κ1) is 32.0. The van der Waals surface area contributed by atoms with Gasteiger partial charge in [-0.2, -0.15) is 0 Å². The Bertz CT molecular complexity index is 1400. The molecule has 7 heteroatoms. The first-order valence-electron chi connectivity index (χ1n) is 12.8. The smallest absolute Gasteiger partial charge is 0.222 e. The van der Waals surface area contributed by atoms with E-state index < -0.39 is 10.2 Å². The molecule has 3 aromatic rings. The minimum atomic E-state index is -4.94. The van der Waals surface area contributed by atoms with Crippen LogP contribution in [0.25, 0.3) is 22.8 Å². The summed E-state index contributed by atoms with van der Waals surface area (Å²) in [6.07, 6.45) is 11.4. The molecule has 0 fully saturated rings. The van der Waals surface area contributed by atoms with Crippen LogP contribution in [0.4, 0.5) is 0 Å². The van der Waals surface area contributed by atoms with E-state index in [2.05, 4.69) is 145 Å². The predicted molar refractivity (Wildman–Crippen MR) is 160 cm³/mol. The van der Waals surface area contributed by atoms with E-state index in [0.29, 0.717) is 0 Å². The highest BCUT2D eigenvalue weighted by atomic mass is 35.7. The topological polar surface area (TPSA) is 92.2 Å². The molecule has 0 spiro atoms. The summed E-state index contributed by atoms with van der Waals surface area (Å²) in [5, 5.41) is 0. The molecular weight excluding hydrogens is 560 g/mol. The molecule has 40 heavy (non-hydrogen) atoms. The molecule has 0 aliphatic carbocycles. The molecule has 0 atom stereocenters. The third-order valence-corrected chi connectivity index (χ3v) is 8.72. The molecule has 0 unspecified atom stereocenters. The van der Waals surface area contributed by atoms with E-state index >= 15 is 0 Å². The number of hydrogen-bond acceptors (Lipinski definition) is 5. The maximum Gasteiger partial charge on any atom is 0.231 e. The van der Waals surface area contributed by atoms with Crippen LogP contribution >= 0.6 is 23.1 Å². The van der Waals surface area contributed by atoms with Crippen molar-refractivity contribution in [1.29, 1.82) is 0 Å². The average Bonchev–Trinajstić information content (AvgIpc) is 2.87. The predicted octanol–water partition coefficient (Wildman–Crippen LogP) is 5.90. The van der Waals surface area contributed by atoms with Crippen LogP contribution in [0.1, 0.15) is 56.9 Å². The molecule has 1 aliphatic rings. The van der Waals surface area contributed by atoms with Gasteiger partial charge in [0.25, 0.3) is 0 Å². The normalized spacial score (nSPS) is 15.4. The molecule has 0 bridgehead atoms. The zero-order valence-corrected chi connectivity index (χ0v) is 26.0. The zero-order chi connectivity index (χ0) is 29.6. The Labute approximate surface area is 248 Å². The maximum atomic E-state index is 8.49. The molecule has 2 heterocycles. The lowest BCUT2D eigenvalue weighted by molar-refractivity contribution is -2.00. The van der Waals surface area contributed by atoms with E-state index in [1.807, 2.05) is 23.1 Å².